The monoisotopic (exact) mass is 218 g/mol. The van der Waals surface area contributed by atoms with Crippen LogP contribution in [-0.4, -0.2) is 10.2 Å². The van der Waals surface area contributed by atoms with Gasteiger partial charge in [0, 0.05) is 0 Å². The van der Waals surface area contributed by atoms with Gasteiger partial charge in [0.25, 0.3) is 0 Å². The zero-order valence-corrected chi connectivity index (χ0v) is 9.39. The summed E-state index contributed by atoms with van der Waals surface area (Å²) in [5.74, 6) is 1.26. The molecule has 0 radical (unpaired) electrons. The molecule has 0 aromatic heterocycles. The Labute approximate surface area is 96.2 Å². The summed E-state index contributed by atoms with van der Waals surface area (Å²) in [7, 11) is 0. The molecule has 2 nitrogen and oxygen atoms in total. The minimum absolute atomic E-state index is 0.233. The van der Waals surface area contributed by atoms with Crippen LogP contribution >= 0.6 is 0 Å². The van der Waals surface area contributed by atoms with Crippen molar-refractivity contribution in [3.63, 3.8) is 0 Å². The van der Waals surface area contributed by atoms with Gasteiger partial charge in [-0.3, -0.25) is 0 Å². The third-order valence-electron chi connectivity index (χ3n) is 3.26. The molecular weight excluding hydrogens is 200 g/mol. The molecule has 2 N–H and O–H groups in total. The maximum Gasteiger partial charge on any atom is 0.119 e. The fourth-order valence-electron chi connectivity index (χ4n) is 2.25. The number of aryl methyl sites for hydroxylation is 1. The predicted molar refractivity (Wildman–Crippen MR) is 64.6 cm³/mol. The minimum atomic E-state index is 0.233. The summed E-state index contributed by atoms with van der Waals surface area (Å²) in [6, 6.07) is 4.74. The van der Waals surface area contributed by atoms with Gasteiger partial charge in [0.05, 0.1) is 0 Å². The molecule has 1 aromatic rings. The Bertz CT molecular complexity index is 382. The lowest BCUT2D eigenvalue weighted by Crippen LogP contribution is -2.04. The molecule has 0 fully saturated rings. The van der Waals surface area contributed by atoms with Crippen LogP contribution in [0.3, 0.4) is 0 Å². The van der Waals surface area contributed by atoms with Crippen molar-refractivity contribution in [2.24, 2.45) is 5.92 Å². The average molecular weight is 218 g/mol. The molecule has 1 aromatic carbocycles. The molecule has 1 unspecified atom stereocenters. The van der Waals surface area contributed by atoms with E-state index in [4.69, 9.17) is 0 Å². The Balaban J connectivity index is 1.93. The Morgan fingerprint density at radius 3 is 2.81 bits per heavy atom. The highest BCUT2D eigenvalue weighted by atomic mass is 16.3. The Hall–Kier alpha value is -1.44. The smallest absolute Gasteiger partial charge is 0.119 e. The quantitative estimate of drug-likeness (QED) is 0.603. The molecule has 0 bridgehead atoms. The molecule has 0 spiro atoms. The molecule has 1 aliphatic rings. The van der Waals surface area contributed by atoms with E-state index in [-0.39, 0.29) is 5.75 Å². The summed E-state index contributed by atoms with van der Waals surface area (Å²) in [5, 5.41) is 19.0. The van der Waals surface area contributed by atoms with Crippen LogP contribution in [0, 0.1) is 5.92 Å². The van der Waals surface area contributed by atoms with E-state index in [0.717, 1.165) is 30.7 Å². The molecular formula is C14H18O2. The van der Waals surface area contributed by atoms with Crippen molar-refractivity contribution in [2.45, 2.75) is 32.1 Å². The number of hydrogen-bond donors (Lipinski definition) is 2. The summed E-state index contributed by atoms with van der Waals surface area (Å²) >= 11 is 0. The molecule has 2 rings (SSSR count). The van der Waals surface area contributed by atoms with Crippen molar-refractivity contribution >= 4 is 0 Å². The lowest BCUT2D eigenvalue weighted by atomic mass is 9.89. The van der Waals surface area contributed by atoms with Crippen LogP contribution in [0.1, 0.15) is 31.2 Å². The highest BCUT2D eigenvalue weighted by molar-refractivity contribution is 5.38. The number of benzene rings is 1. The van der Waals surface area contributed by atoms with Gasteiger partial charge in [-0.2, -0.15) is 0 Å². The predicted octanol–water partition coefficient (Wildman–Crippen LogP) is 3.39. The van der Waals surface area contributed by atoms with E-state index in [1.165, 1.54) is 18.9 Å². The van der Waals surface area contributed by atoms with E-state index in [1.807, 2.05) is 0 Å². The van der Waals surface area contributed by atoms with Crippen LogP contribution in [-0.2, 0) is 6.42 Å². The molecule has 0 saturated carbocycles. The first kappa shape index (κ1) is 11.1. The van der Waals surface area contributed by atoms with E-state index >= 15 is 0 Å². The van der Waals surface area contributed by atoms with Gasteiger partial charge in [-0.05, 0) is 61.8 Å². The van der Waals surface area contributed by atoms with Crippen LogP contribution in [0.5, 0.6) is 11.5 Å². The zero-order valence-electron chi connectivity index (χ0n) is 9.39. The SMILES string of the molecule is Oc1ccc(O)c(CCC2CC=CCC2)c1. The third-order valence-corrected chi connectivity index (χ3v) is 3.26. The fourth-order valence-corrected chi connectivity index (χ4v) is 2.25. The van der Waals surface area contributed by atoms with Gasteiger partial charge in [-0.15, -0.1) is 0 Å². The van der Waals surface area contributed by atoms with Crippen LogP contribution in [0.2, 0.25) is 0 Å². The van der Waals surface area contributed by atoms with Gasteiger partial charge in [-0.25, -0.2) is 0 Å². The summed E-state index contributed by atoms with van der Waals surface area (Å²) in [6.07, 6.45) is 9.99. The van der Waals surface area contributed by atoms with Crippen molar-refractivity contribution in [1.82, 2.24) is 0 Å². The number of rotatable bonds is 3. The molecule has 0 heterocycles. The normalized spacial score (nSPS) is 19.9. The molecule has 1 atom stereocenters. The van der Waals surface area contributed by atoms with Gasteiger partial charge in [0.1, 0.15) is 11.5 Å². The minimum Gasteiger partial charge on any atom is -0.508 e. The Kier molecular flexibility index (Phi) is 3.50. The van der Waals surface area contributed by atoms with Crippen molar-refractivity contribution < 1.29 is 10.2 Å². The number of hydrogen-bond acceptors (Lipinski definition) is 2. The molecule has 1 aliphatic carbocycles. The zero-order chi connectivity index (χ0) is 11.4. The summed E-state index contributed by atoms with van der Waals surface area (Å²) < 4.78 is 0. The van der Waals surface area contributed by atoms with E-state index in [2.05, 4.69) is 12.2 Å². The molecule has 0 amide bonds. The van der Waals surface area contributed by atoms with Gasteiger partial charge in [0.2, 0.25) is 0 Å². The molecule has 16 heavy (non-hydrogen) atoms. The number of phenolic OH excluding ortho intramolecular Hbond substituents is 2. The van der Waals surface area contributed by atoms with Crippen LogP contribution in [0.25, 0.3) is 0 Å². The van der Waals surface area contributed by atoms with E-state index in [9.17, 15) is 10.2 Å². The van der Waals surface area contributed by atoms with Gasteiger partial charge in [0.15, 0.2) is 0 Å². The van der Waals surface area contributed by atoms with Crippen molar-refractivity contribution in [3.8, 4) is 11.5 Å². The summed E-state index contributed by atoms with van der Waals surface area (Å²) in [6.45, 7) is 0. The number of allylic oxidation sites excluding steroid dienone is 2. The van der Waals surface area contributed by atoms with E-state index < -0.39 is 0 Å². The highest BCUT2D eigenvalue weighted by Crippen LogP contribution is 2.27. The van der Waals surface area contributed by atoms with Crippen molar-refractivity contribution in [3.05, 3.63) is 35.9 Å². The van der Waals surface area contributed by atoms with Gasteiger partial charge in [-0.1, -0.05) is 12.2 Å². The second kappa shape index (κ2) is 5.06. The first-order valence-electron chi connectivity index (χ1n) is 5.91. The molecule has 0 saturated heterocycles. The molecule has 2 heteroatoms. The highest BCUT2D eigenvalue weighted by Gasteiger charge is 2.11. The fraction of sp³-hybridized carbons (Fsp3) is 0.429. The standard InChI is InChI=1S/C14H18O2/c15-13-8-9-14(16)12(10-13)7-6-11-4-2-1-3-5-11/h1-2,8-11,15-16H,3-7H2. The van der Waals surface area contributed by atoms with Crippen molar-refractivity contribution in [2.75, 3.05) is 0 Å². The van der Waals surface area contributed by atoms with E-state index in [1.54, 1.807) is 12.1 Å². The number of phenols is 2. The summed E-state index contributed by atoms with van der Waals surface area (Å²) in [5.41, 5.74) is 0.856. The maximum atomic E-state index is 9.64. The number of aromatic hydroxyl groups is 2. The molecule has 0 aliphatic heterocycles. The van der Waals surface area contributed by atoms with Crippen molar-refractivity contribution in [1.29, 1.82) is 0 Å². The van der Waals surface area contributed by atoms with Crippen LogP contribution in [0.15, 0.2) is 30.4 Å². The maximum absolute atomic E-state index is 9.64. The first-order chi connectivity index (χ1) is 7.75. The lowest BCUT2D eigenvalue weighted by Gasteiger charge is -2.17. The average Bonchev–Trinajstić information content (AvgIpc) is 2.32. The lowest BCUT2D eigenvalue weighted by molar-refractivity contribution is 0.428. The Morgan fingerprint density at radius 2 is 2.06 bits per heavy atom. The van der Waals surface area contributed by atoms with Crippen LogP contribution in [0.4, 0.5) is 0 Å². The van der Waals surface area contributed by atoms with E-state index in [0.29, 0.717) is 5.75 Å². The largest absolute Gasteiger partial charge is 0.508 e. The third kappa shape index (κ3) is 2.78. The van der Waals surface area contributed by atoms with Gasteiger partial charge >= 0.3 is 0 Å². The van der Waals surface area contributed by atoms with Gasteiger partial charge < -0.3 is 10.2 Å². The molecule has 86 valence electrons. The second-order valence-corrected chi connectivity index (χ2v) is 4.50. The van der Waals surface area contributed by atoms with Crippen LogP contribution < -0.4 is 0 Å². The summed E-state index contributed by atoms with van der Waals surface area (Å²) in [4.78, 5) is 0. The Morgan fingerprint density at radius 1 is 1.19 bits per heavy atom. The second-order valence-electron chi connectivity index (χ2n) is 4.50. The first-order valence-corrected chi connectivity index (χ1v) is 5.91. The topological polar surface area (TPSA) is 40.5 Å².